The van der Waals surface area contributed by atoms with Gasteiger partial charge in [-0.15, -0.1) is 0 Å². The summed E-state index contributed by atoms with van der Waals surface area (Å²) in [6.45, 7) is 5.05. The molecule has 0 saturated carbocycles. The number of anilines is 1. The second-order valence-electron chi connectivity index (χ2n) is 6.96. The monoisotopic (exact) mass is 421 g/mol. The van der Waals surface area contributed by atoms with E-state index in [2.05, 4.69) is 14.9 Å². The van der Waals surface area contributed by atoms with Crippen LogP contribution in [0, 0.1) is 6.92 Å². The average molecular weight is 421 g/mol. The highest BCUT2D eigenvalue weighted by molar-refractivity contribution is 5.85. The maximum Gasteiger partial charge on any atom is 0.376 e. The van der Waals surface area contributed by atoms with E-state index in [1.807, 2.05) is 61.5 Å². The Balaban J connectivity index is 1.94. The topological polar surface area (TPSA) is 73.8 Å². The first-order chi connectivity index (χ1) is 15.0. The molecule has 3 rings (SSSR count). The molecule has 0 bridgehead atoms. The number of hydrogen-bond donors (Lipinski definition) is 0. The second-order valence-corrected chi connectivity index (χ2v) is 6.96. The minimum absolute atomic E-state index is 0.0614. The molecule has 7 heteroatoms. The molecule has 2 aromatic carbocycles. The standard InChI is InChI=1S/C24H27N3O4/c1-5-31-24(28)23-25-17(2)14-22(26-23)27(15-18-6-10-20(29-3)11-7-18)16-19-8-12-21(30-4)13-9-19/h6-14H,5,15-16H2,1-4H3. The van der Waals surface area contributed by atoms with E-state index in [4.69, 9.17) is 14.2 Å². The summed E-state index contributed by atoms with van der Waals surface area (Å²) in [6, 6.07) is 17.6. The molecule has 0 unspecified atom stereocenters. The van der Waals surface area contributed by atoms with Gasteiger partial charge in [0.15, 0.2) is 0 Å². The minimum Gasteiger partial charge on any atom is -0.497 e. The molecular formula is C24H27N3O4. The Kier molecular flexibility index (Phi) is 7.43. The maximum atomic E-state index is 12.2. The SMILES string of the molecule is CCOC(=O)c1nc(C)cc(N(Cc2ccc(OC)cc2)Cc2ccc(OC)cc2)n1. The number of benzene rings is 2. The van der Waals surface area contributed by atoms with Crippen molar-refractivity contribution in [1.29, 1.82) is 0 Å². The molecule has 0 fully saturated rings. The van der Waals surface area contributed by atoms with E-state index < -0.39 is 5.97 Å². The summed E-state index contributed by atoms with van der Waals surface area (Å²) >= 11 is 0. The number of carbonyl (C=O) groups is 1. The number of aryl methyl sites for hydroxylation is 1. The second kappa shape index (κ2) is 10.4. The van der Waals surface area contributed by atoms with Crippen molar-refractivity contribution in [1.82, 2.24) is 9.97 Å². The van der Waals surface area contributed by atoms with Crippen molar-refractivity contribution < 1.29 is 19.0 Å². The molecule has 0 spiro atoms. The lowest BCUT2D eigenvalue weighted by molar-refractivity contribution is 0.0511. The van der Waals surface area contributed by atoms with Gasteiger partial charge >= 0.3 is 5.97 Å². The van der Waals surface area contributed by atoms with Crippen molar-refractivity contribution in [2.24, 2.45) is 0 Å². The molecule has 162 valence electrons. The highest BCUT2D eigenvalue weighted by atomic mass is 16.5. The Hall–Kier alpha value is -3.61. The Bertz CT molecular complexity index is 955. The van der Waals surface area contributed by atoms with Gasteiger partial charge in [-0.2, -0.15) is 0 Å². The Labute approximate surface area is 182 Å². The number of esters is 1. The number of aromatic nitrogens is 2. The normalized spacial score (nSPS) is 10.5. The van der Waals surface area contributed by atoms with E-state index in [1.165, 1.54) is 0 Å². The van der Waals surface area contributed by atoms with Crippen molar-refractivity contribution >= 4 is 11.8 Å². The third-order valence-electron chi connectivity index (χ3n) is 4.69. The van der Waals surface area contributed by atoms with Crippen molar-refractivity contribution in [3.8, 4) is 11.5 Å². The van der Waals surface area contributed by atoms with E-state index >= 15 is 0 Å². The van der Waals surface area contributed by atoms with Gasteiger partial charge in [-0.25, -0.2) is 14.8 Å². The Morgan fingerprint density at radius 1 is 0.871 bits per heavy atom. The zero-order valence-corrected chi connectivity index (χ0v) is 18.3. The van der Waals surface area contributed by atoms with Gasteiger partial charge in [0, 0.05) is 24.8 Å². The number of methoxy groups -OCH3 is 2. The smallest absolute Gasteiger partial charge is 0.376 e. The van der Waals surface area contributed by atoms with Crippen LogP contribution in [0.2, 0.25) is 0 Å². The third-order valence-corrected chi connectivity index (χ3v) is 4.69. The summed E-state index contributed by atoms with van der Waals surface area (Å²) in [6.07, 6.45) is 0. The molecule has 0 atom stereocenters. The fourth-order valence-electron chi connectivity index (χ4n) is 3.12. The molecule has 0 aliphatic carbocycles. The first-order valence-corrected chi connectivity index (χ1v) is 10.1. The molecule has 1 aromatic heterocycles. The van der Waals surface area contributed by atoms with Gasteiger partial charge in [0.2, 0.25) is 5.82 Å². The van der Waals surface area contributed by atoms with Gasteiger partial charge in [0.1, 0.15) is 17.3 Å². The summed E-state index contributed by atoms with van der Waals surface area (Å²) in [5.74, 6) is 1.79. The van der Waals surface area contributed by atoms with Crippen LogP contribution in [-0.4, -0.2) is 36.8 Å². The van der Waals surface area contributed by atoms with E-state index in [1.54, 1.807) is 21.1 Å². The summed E-state index contributed by atoms with van der Waals surface area (Å²) in [5, 5.41) is 0. The van der Waals surface area contributed by atoms with Gasteiger partial charge in [-0.1, -0.05) is 24.3 Å². The van der Waals surface area contributed by atoms with E-state index in [-0.39, 0.29) is 12.4 Å². The Morgan fingerprint density at radius 3 is 1.84 bits per heavy atom. The molecule has 0 aliphatic rings. The molecule has 0 saturated heterocycles. The van der Waals surface area contributed by atoms with Crippen LogP contribution < -0.4 is 14.4 Å². The minimum atomic E-state index is -0.527. The first-order valence-electron chi connectivity index (χ1n) is 10.1. The predicted molar refractivity (Wildman–Crippen MR) is 119 cm³/mol. The number of rotatable bonds is 9. The van der Waals surface area contributed by atoms with Gasteiger partial charge in [0.05, 0.1) is 20.8 Å². The summed E-state index contributed by atoms with van der Waals surface area (Å²) in [4.78, 5) is 23.1. The molecule has 31 heavy (non-hydrogen) atoms. The van der Waals surface area contributed by atoms with Gasteiger partial charge in [0.25, 0.3) is 0 Å². The van der Waals surface area contributed by atoms with Crippen LogP contribution in [0.5, 0.6) is 11.5 Å². The summed E-state index contributed by atoms with van der Waals surface area (Å²) in [7, 11) is 3.29. The lowest BCUT2D eigenvalue weighted by atomic mass is 10.1. The number of hydrogen-bond acceptors (Lipinski definition) is 7. The third kappa shape index (κ3) is 5.94. The predicted octanol–water partition coefficient (Wildman–Crippen LogP) is 4.19. The molecule has 7 nitrogen and oxygen atoms in total. The van der Waals surface area contributed by atoms with Crippen LogP contribution in [0.25, 0.3) is 0 Å². The Morgan fingerprint density at radius 2 is 1.39 bits per heavy atom. The van der Waals surface area contributed by atoms with Crippen molar-refractivity contribution in [2.45, 2.75) is 26.9 Å². The average Bonchev–Trinajstić information content (AvgIpc) is 2.79. The number of ether oxygens (including phenoxy) is 3. The number of carbonyl (C=O) groups excluding carboxylic acids is 1. The molecule has 1 heterocycles. The zero-order chi connectivity index (χ0) is 22.2. The van der Waals surface area contributed by atoms with Gasteiger partial charge < -0.3 is 19.1 Å². The van der Waals surface area contributed by atoms with E-state index in [9.17, 15) is 4.79 Å². The zero-order valence-electron chi connectivity index (χ0n) is 18.3. The van der Waals surface area contributed by atoms with Crippen LogP contribution in [0.3, 0.4) is 0 Å². The van der Waals surface area contributed by atoms with Crippen LogP contribution >= 0.6 is 0 Å². The van der Waals surface area contributed by atoms with E-state index in [0.29, 0.717) is 24.6 Å². The van der Waals surface area contributed by atoms with Crippen LogP contribution in [-0.2, 0) is 17.8 Å². The largest absolute Gasteiger partial charge is 0.497 e. The lowest BCUT2D eigenvalue weighted by Crippen LogP contribution is -2.25. The molecule has 0 aliphatic heterocycles. The van der Waals surface area contributed by atoms with Gasteiger partial charge in [-0.05, 0) is 49.2 Å². The van der Waals surface area contributed by atoms with Crippen molar-refractivity contribution in [3.63, 3.8) is 0 Å². The molecular weight excluding hydrogens is 394 g/mol. The van der Waals surface area contributed by atoms with Crippen molar-refractivity contribution in [3.05, 3.63) is 77.2 Å². The van der Waals surface area contributed by atoms with Crippen LogP contribution in [0.4, 0.5) is 5.82 Å². The molecule has 0 amide bonds. The maximum absolute atomic E-state index is 12.2. The molecule has 3 aromatic rings. The summed E-state index contributed by atoms with van der Waals surface area (Å²) in [5.41, 5.74) is 2.87. The summed E-state index contributed by atoms with van der Waals surface area (Å²) < 4.78 is 15.6. The first kappa shape index (κ1) is 22.1. The fraction of sp³-hybridized carbons (Fsp3) is 0.292. The van der Waals surface area contributed by atoms with E-state index in [0.717, 1.165) is 22.6 Å². The fourth-order valence-corrected chi connectivity index (χ4v) is 3.12. The van der Waals surface area contributed by atoms with Crippen LogP contribution in [0.15, 0.2) is 54.6 Å². The highest BCUT2D eigenvalue weighted by Gasteiger charge is 2.17. The quantitative estimate of drug-likeness (QED) is 0.480. The van der Waals surface area contributed by atoms with Crippen molar-refractivity contribution in [2.75, 3.05) is 25.7 Å². The molecule has 0 N–H and O–H groups in total. The molecule has 0 radical (unpaired) electrons. The lowest BCUT2D eigenvalue weighted by Gasteiger charge is -2.25. The highest BCUT2D eigenvalue weighted by Crippen LogP contribution is 2.22. The number of nitrogens with zero attached hydrogens (tertiary/aromatic N) is 3. The van der Waals surface area contributed by atoms with Gasteiger partial charge in [-0.3, -0.25) is 0 Å². The van der Waals surface area contributed by atoms with Crippen LogP contribution in [0.1, 0.15) is 34.4 Å².